The zero-order valence-electron chi connectivity index (χ0n) is 16.4. The maximum absolute atomic E-state index is 4.81. The van der Waals surface area contributed by atoms with Crippen LogP contribution in [0.15, 0.2) is 101 Å². The fourth-order valence-corrected chi connectivity index (χ4v) is 4.19. The maximum Gasteiger partial charge on any atom is 0.233 e. The number of nitrogens with one attached hydrogen (secondary N) is 1. The Labute approximate surface area is 177 Å². The molecule has 0 atom stereocenters. The predicted octanol–water partition coefficient (Wildman–Crippen LogP) is 5.41. The van der Waals surface area contributed by atoms with Crippen LogP contribution in [0.5, 0.6) is 0 Å². The van der Waals surface area contributed by atoms with E-state index in [9.17, 15) is 0 Å². The van der Waals surface area contributed by atoms with Gasteiger partial charge in [0.1, 0.15) is 5.01 Å². The van der Waals surface area contributed by atoms with Crippen molar-refractivity contribution in [3.63, 3.8) is 0 Å². The number of hydrogen-bond acceptors (Lipinski definition) is 4. The van der Waals surface area contributed by atoms with E-state index in [4.69, 9.17) is 5.10 Å². The van der Waals surface area contributed by atoms with Crippen molar-refractivity contribution in [1.29, 1.82) is 0 Å². The molecule has 0 bridgehead atoms. The highest BCUT2D eigenvalue weighted by atomic mass is 32.1. The monoisotopic (exact) mass is 409 g/mol. The largest absolute Gasteiger partial charge is 0.360 e. The molecular formula is C24H19N5S. The van der Waals surface area contributed by atoms with Gasteiger partial charge in [-0.2, -0.15) is 10.2 Å². The van der Waals surface area contributed by atoms with Gasteiger partial charge in [-0.3, -0.25) is 0 Å². The van der Waals surface area contributed by atoms with E-state index in [1.165, 1.54) is 11.3 Å². The Bertz CT molecular complexity index is 1390. The van der Waals surface area contributed by atoms with Gasteiger partial charge in [-0.05, 0) is 25.1 Å². The average molecular weight is 410 g/mol. The summed E-state index contributed by atoms with van der Waals surface area (Å²) >= 11 is 1.52. The smallest absolute Gasteiger partial charge is 0.233 e. The molecular weight excluding hydrogens is 390 g/mol. The zero-order valence-corrected chi connectivity index (χ0v) is 17.2. The number of aromatic nitrogens is 3. The van der Waals surface area contributed by atoms with Crippen LogP contribution in [0.1, 0.15) is 12.5 Å². The second kappa shape index (κ2) is 7.93. The Morgan fingerprint density at radius 3 is 2.40 bits per heavy atom. The SMILES string of the molecule is C/C(=N/N=c1\sc(-c2ccccc2)nn1-c1ccccc1)c1c[nH]c2ccccc12. The highest BCUT2D eigenvalue weighted by molar-refractivity contribution is 7.12. The van der Waals surface area contributed by atoms with E-state index < -0.39 is 0 Å². The maximum atomic E-state index is 4.81. The molecule has 0 saturated carbocycles. The van der Waals surface area contributed by atoms with Crippen molar-refractivity contribution < 1.29 is 0 Å². The van der Waals surface area contributed by atoms with Crippen LogP contribution in [0, 0.1) is 0 Å². The van der Waals surface area contributed by atoms with Crippen molar-refractivity contribution >= 4 is 28.0 Å². The van der Waals surface area contributed by atoms with Gasteiger partial charge in [-0.1, -0.05) is 78.1 Å². The van der Waals surface area contributed by atoms with Gasteiger partial charge in [0.15, 0.2) is 0 Å². The summed E-state index contributed by atoms with van der Waals surface area (Å²) in [7, 11) is 0. The van der Waals surface area contributed by atoms with Crippen LogP contribution in [0.25, 0.3) is 27.2 Å². The summed E-state index contributed by atoms with van der Waals surface area (Å²) in [6.07, 6.45) is 1.98. The Morgan fingerprint density at radius 2 is 1.60 bits per heavy atom. The van der Waals surface area contributed by atoms with E-state index >= 15 is 0 Å². The number of benzene rings is 3. The van der Waals surface area contributed by atoms with Crippen molar-refractivity contribution in [2.45, 2.75) is 6.92 Å². The number of para-hydroxylation sites is 2. The Morgan fingerprint density at radius 1 is 0.900 bits per heavy atom. The van der Waals surface area contributed by atoms with Crippen LogP contribution in [0.3, 0.4) is 0 Å². The molecule has 0 radical (unpaired) electrons. The topological polar surface area (TPSA) is 58.3 Å². The minimum absolute atomic E-state index is 0.722. The molecule has 5 nitrogen and oxygen atoms in total. The standard InChI is InChI=1S/C24H19N5S/c1-17(21-16-25-22-15-9-8-14-20(21)22)26-27-24-29(19-12-6-3-7-13-19)28-23(30-24)18-10-4-2-5-11-18/h2-16,25H,1H3/b26-17-,27-24-. The first kappa shape index (κ1) is 18.3. The van der Waals surface area contributed by atoms with E-state index in [0.29, 0.717) is 0 Å². The third-order valence-corrected chi connectivity index (χ3v) is 5.79. The number of aromatic amines is 1. The number of hydrogen-bond donors (Lipinski definition) is 1. The molecule has 0 unspecified atom stereocenters. The first-order valence-electron chi connectivity index (χ1n) is 9.65. The molecule has 30 heavy (non-hydrogen) atoms. The summed E-state index contributed by atoms with van der Waals surface area (Å²) < 4.78 is 1.85. The number of H-pyrrole nitrogens is 1. The second-order valence-electron chi connectivity index (χ2n) is 6.84. The van der Waals surface area contributed by atoms with Crippen molar-refractivity contribution in [2.75, 3.05) is 0 Å². The first-order chi connectivity index (χ1) is 14.8. The van der Waals surface area contributed by atoms with Gasteiger partial charge >= 0.3 is 0 Å². The van der Waals surface area contributed by atoms with Gasteiger partial charge in [0.25, 0.3) is 0 Å². The Balaban J connectivity index is 1.63. The molecule has 0 aliphatic heterocycles. The lowest BCUT2D eigenvalue weighted by Gasteiger charge is -2.00. The van der Waals surface area contributed by atoms with Gasteiger partial charge in [-0.15, -0.1) is 5.10 Å². The van der Waals surface area contributed by atoms with Gasteiger partial charge in [-0.25, -0.2) is 4.68 Å². The fraction of sp³-hybridized carbons (Fsp3) is 0.0417. The van der Waals surface area contributed by atoms with Gasteiger partial charge in [0.05, 0.1) is 11.4 Å². The molecule has 5 aromatic rings. The Hall–Kier alpha value is -3.77. The van der Waals surface area contributed by atoms with Gasteiger partial charge in [0.2, 0.25) is 4.80 Å². The normalized spacial score (nSPS) is 12.6. The summed E-state index contributed by atoms with van der Waals surface area (Å²) in [5, 5.41) is 16.0. The van der Waals surface area contributed by atoms with Crippen molar-refractivity contribution in [3.8, 4) is 16.3 Å². The molecule has 6 heteroatoms. The summed E-state index contributed by atoms with van der Waals surface area (Å²) in [4.78, 5) is 4.01. The highest BCUT2D eigenvalue weighted by Gasteiger charge is 2.10. The van der Waals surface area contributed by atoms with Crippen LogP contribution in [0.4, 0.5) is 0 Å². The third-order valence-electron chi connectivity index (χ3n) is 4.85. The van der Waals surface area contributed by atoms with Crippen LogP contribution in [-0.2, 0) is 0 Å². The van der Waals surface area contributed by atoms with Gasteiger partial charge < -0.3 is 4.98 Å². The molecule has 2 aromatic heterocycles. The molecule has 0 fully saturated rings. The van der Waals surface area contributed by atoms with Crippen LogP contribution >= 0.6 is 11.3 Å². The summed E-state index contributed by atoms with van der Waals surface area (Å²) in [6.45, 7) is 1.98. The molecule has 0 spiro atoms. The van der Waals surface area contributed by atoms with E-state index in [0.717, 1.165) is 43.2 Å². The van der Waals surface area contributed by atoms with Crippen molar-refractivity contribution in [3.05, 3.63) is 101 Å². The quantitative estimate of drug-likeness (QED) is 0.313. The van der Waals surface area contributed by atoms with E-state index in [-0.39, 0.29) is 0 Å². The lowest BCUT2D eigenvalue weighted by Crippen LogP contribution is -2.14. The molecule has 146 valence electrons. The van der Waals surface area contributed by atoms with Crippen LogP contribution < -0.4 is 4.80 Å². The van der Waals surface area contributed by atoms with Crippen molar-refractivity contribution in [2.24, 2.45) is 10.2 Å². The zero-order chi connectivity index (χ0) is 20.3. The van der Waals surface area contributed by atoms with Gasteiger partial charge in [0, 0.05) is 28.2 Å². The molecule has 0 saturated heterocycles. The molecule has 0 aliphatic carbocycles. The molecule has 0 amide bonds. The molecule has 0 aliphatic rings. The van der Waals surface area contributed by atoms with Crippen LogP contribution in [0.2, 0.25) is 0 Å². The lowest BCUT2D eigenvalue weighted by atomic mass is 10.1. The molecule has 5 rings (SSSR count). The molecule has 3 aromatic carbocycles. The molecule has 2 heterocycles. The highest BCUT2D eigenvalue weighted by Crippen LogP contribution is 2.21. The van der Waals surface area contributed by atoms with E-state index in [2.05, 4.69) is 39.5 Å². The van der Waals surface area contributed by atoms with E-state index in [1.54, 1.807) is 0 Å². The average Bonchev–Trinajstić information content (AvgIpc) is 3.43. The second-order valence-corrected chi connectivity index (χ2v) is 7.79. The summed E-state index contributed by atoms with van der Waals surface area (Å²) in [6, 6.07) is 28.3. The lowest BCUT2D eigenvalue weighted by molar-refractivity contribution is 0.824. The first-order valence-corrected chi connectivity index (χ1v) is 10.5. The number of rotatable bonds is 4. The summed E-state index contributed by atoms with van der Waals surface area (Å²) in [5.41, 5.74) is 5.00. The molecule has 1 N–H and O–H groups in total. The minimum atomic E-state index is 0.722. The predicted molar refractivity (Wildman–Crippen MR) is 123 cm³/mol. The van der Waals surface area contributed by atoms with Crippen molar-refractivity contribution in [1.82, 2.24) is 14.8 Å². The fourth-order valence-electron chi connectivity index (χ4n) is 3.32. The van der Waals surface area contributed by atoms with Crippen LogP contribution in [-0.4, -0.2) is 20.5 Å². The third kappa shape index (κ3) is 3.49. The minimum Gasteiger partial charge on any atom is -0.360 e. The number of fused-ring (bicyclic) bond motifs is 1. The Kier molecular flexibility index (Phi) is 4.83. The number of nitrogens with zero attached hydrogens (tertiary/aromatic N) is 4. The van der Waals surface area contributed by atoms with E-state index in [1.807, 2.05) is 78.5 Å². The summed E-state index contributed by atoms with van der Waals surface area (Å²) in [5.74, 6) is 0.